The van der Waals surface area contributed by atoms with E-state index < -0.39 is 5.97 Å². The van der Waals surface area contributed by atoms with Crippen LogP contribution in [0.25, 0.3) is 0 Å². The second-order valence-electron chi connectivity index (χ2n) is 6.44. The van der Waals surface area contributed by atoms with Gasteiger partial charge in [0.1, 0.15) is 5.75 Å². The molecule has 0 fully saturated rings. The summed E-state index contributed by atoms with van der Waals surface area (Å²) in [6.45, 7) is 0. The fraction of sp³-hybridized carbons (Fsp3) is 0.250. The van der Waals surface area contributed by atoms with Crippen molar-refractivity contribution < 1.29 is 14.6 Å². The van der Waals surface area contributed by atoms with Gasteiger partial charge in [-0.15, -0.1) is 0 Å². The minimum Gasteiger partial charge on any atom is -0.497 e. The van der Waals surface area contributed by atoms with Gasteiger partial charge in [0, 0.05) is 5.92 Å². The predicted octanol–water partition coefficient (Wildman–Crippen LogP) is 4.87. The lowest BCUT2D eigenvalue weighted by molar-refractivity contribution is 0.0695. The molecule has 5 heteroatoms. The van der Waals surface area contributed by atoms with Crippen LogP contribution in [0.2, 0.25) is 5.02 Å². The Balaban J connectivity index is 1.82. The SMILES string of the molecule is COc1ccc([C@@H]2Nc3c(Cl)ccc(C(=O)O)c3[C@H]3C=CC[C@@H]32)cc1. The summed E-state index contributed by atoms with van der Waals surface area (Å²) < 4.78 is 5.24. The van der Waals surface area contributed by atoms with Crippen molar-refractivity contribution in [3.8, 4) is 5.75 Å². The molecule has 0 amide bonds. The summed E-state index contributed by atoms with van der Waals surface area (Å²) in [4.78, 5) is 11.7. The van der Waals surface area contributed by atoms with Gasteiger partial charge in [-0.25, -0.2) is 4.79 Å². The molecule has 0 aromatic heterocycles. The first-order chi connectivity index (χ1) is 12.1. The van der Waals surface area contributed by atoms with Crippen LogP contribution in [0.5, 0.6) is 5.75 Å². The molecule has 0 spiro atoms. The lowest BCUT2D eigenvalue weighted by Crippen LogP contribution is -2.30. The molecule has 3 atom stereocenters. The van der Waals surface area contributed by atoms with E-state index in [2.05, 4.69) is 17.5 Å². The molecule has 0 radical (unpaired) electrons. The third-order valence-corrected chi connectivity index (χ3v) is 5.49. The molecular formula is C20H18ClNO3. The average molecular weight is 356 g/mol. The number of ether oxygens (including phenoxy) is 1. The maximum absolute atomic E-state index is 11.7. The van der Waals surface area contributed by atoms with Gasteiger partial charge < -0.3 is 15.2 Å². The van der Waals surface area contributed by atoms with Crippen molar-refractivity contribution in [2.45, 2.75) is 18.4 Å². The van der Waals surface area contributed by atoms with Gasteiger partial charge in [0.25, 0.3) is 0 Å². The average Bonchev–Trinajstić information content (AvgIpc) is 3.11. The zero-order valence-corrected chi connectivity index (χ0v) is 14.5. The van der Waals surface area contributed by atoms with Crippen molar-refractivity contribution in [2.24, 2.45) is 5.92 Å². The van der Waals surface area contributed by atoms with E-state index in [0.29, 0.717) is 10.6 Å². The van der Waals surface area contributed by atoms with E-state index in [1.54, 1.807) is 19.2 Å². The van der Waals surface area contributed by atoms with E-state index in [4.69, 9.17) is 16.3 Å². The highest BCUT2D eigenvalue weighted by atomic mass is 35.5. The molecule has 4 nitrogen and oxygen atoms in total. The molecule has 128 valence electrons. The molecular weight excluding hydrogens is 338 g/mol. The topological polar surface area (TPSA) is 58.6 Å². The molecule has 0 unspecified atom stereocenters. The van der Waals surface area contributed by atoms with Crippen LogP contribution in [0.15, 0.2) is 48.6 Å². The van der Waals surface area contributed by atoms with Gasteiger partial charge in [-0.2, -0.15) is 0 Å². The van der Waals surface area contributed by atoms with Gasteiger partial charge in [-0.3, -0.25) is 0 Å². The number of anilines is 1. The lowest BCUT2D eigenvalue weighted by atomic mass is 9.75. The minimum absolute atomic E-state index is 0.0492. The summed E-state index contributed by atoms with van der Waals surface area (Å²) in [7, 11) is 1.65. The molecule has 1 heterocycles. The summed E-state index contributed by atoms with van der Waals surface area (Å²) in [5.74, 6) is 0.203. The molecule has 2 aromatic carbocycles. The summed E-state index contributed by atoms with van der Waals surface area (Å²) in [5, 5.41) is 13.6. The van der Waals surface area contributed by atoms with Crippen LogP contribution in [0.3, 0.4) is 0 Å². The number of carbonyl (C=O) groups is 1. The Hall–Kier alpha value is -2.46. The molecule has 0 saturated carbocycles. The number of hydrogen-bond acceptors (Lipinski definition) is 3. The first kappa shape index (κ1) is 16.0. The van der Waals surface area contributed by atoms with Crippen LogP contribution in [0.4, 0.5) is 5.69 Å². The van der Waals surface area contributed by atoms with E-state index in [-0.39, 0.29) is 17.9 Å². The zero-order valence-electron chi connectivity index (χ0n) is 13.7. The van der Waals surface area contributed by atoms with Crippen molar-refractivity contribution in [1.82, 2.24) is 0 Å². The first-order valence-electron chi connectivity index (χ1n) is 8.23. The number of rotatable bonds is 3. The number of carboxylic acid groups (broad SMARTS) is 1. The number of carboxylic acids is 1. The van der Waals surface area contributed by atoms with Gasteiger partial charge in [0.05, 0.1) is 29.4 Å². The fourth-order valence-electron chi connectivity index (χ4n) is 4.00. The fourth-order valence-corrected chi connectivity index (χ4v) is 4.22. The van der Waals surface area contributed by atoms with Crippen LogP contribution >= 0.6 is 11.6 Å². The van der Waals surface area contributed by atoms with E-state index in [1.807, 2.05) is 24.3 Å². The molecule has 2 aliphatic rings. The van der Waals surface area contributed by atoms with Crippen molar-refractivity contribution in [3.63, 3.8) is 0 Å². The Bertz CT molecular complexity index is 860. The maximum atomic E-state index is 11.7. The third kappa shape index (κ3) is 2.57. The van der Waals surface area contributed by atoms with E-state index in [9.17, 15) is 9.90 Å². The summed E-state index contributed by atoms with van der Waals surface area (Å²) in [6, 6.07) is 11.3. The molecule has 4 rings (SSSR count). The molecule has 2 N–H and O–H groups in total. The highest BCUT2D eigenvalue weighted by molar-refractivity contribution is 6.33. The number of hydrogen-bond donors (Lipinski definition) is 2. The lowest BCUT2D eigenvalue weighted by Gasteiger charge is -2.38. The number of benzene rings is 2. The number of methoxy groups -OCH3 is 1. The summed E-state index contributed by atoms with van der Waals surface area (Å²) >= 11 is 6.41. The molecule has 2 aromatic rings. The van der Waals surface area contributed by atoms with Gasteiger partial charge in [-0.1, -0.05) is 35.9 Å². The van der Waals surface area contributed by atoms with Gasteiger partial charge in [-0.05, 0) is 47.7 Å². The summed E-state index contributed by atoms with van der Waals surface area (Å²) in [6.07, 6.45) is 5.15. The second kappa shape index (κ2) is 6.12. The third-order valence-electron chi connectivity index (χ3n) is 5.17. The Kier molecular flexibility index (Phi) is 3.92. The van der Waals surface area contributed by atoms with Gasteiger partial charge >= 0.3 is 5.97 Å². The molecule has 0 bridgehead atoms. The maximum Gasteiger partial charge on any atom is 0.336 e. The number of allylic oxidation sites excluding steroid dienone is 2. The van der Waals surface area contributed by atoms with Gasteiger partial charge in [0.15, 0.2) is 0 Å². The smallest absolute Gasteiger partial charge is 0.336 e. The van der Waals surface area contributed by atoms with Crippen LogP contribution in [-0.2, 0) is 0 Å². The van der Waals surface area contributed by atoms with Crippen LogP contribution in [0, 0.1) is 5.92 Å². The highest BCUT2D eigenvalue weighted by Gasteiger charge is 2.40. The Labute approximate surface area is 151 Å². The van der Waals surface area contributed by atoms with E-state index >= 15 is 0 Å². The van der Waals surface area contributed by atoms with Crippen molar-refractivity contribution in [2.75, 3.05) is 12.4 Å². The molecule has 25 heavy (non-hydrogen) atoms. The Morgan fingerprint density at radius 1 is 1.24 bits per heavy atom. The van der Waals surface area contributed by atoms with Crippen LogP contribution < -0.4 is 10.1 Å². The van der Waals surface area contributed by atoms with E-state index in [1.165, 1.54) is 0 Å². The predicted molar refractivity (Wildman–Crippen MR) is 97.8 cm³/mol. The number of nitrogens with one attached hydrogen (secondary N) is 1. The molecule has 1 aliphatic carbocycles. The standard InChI is InChI=1S/C20H18ClNO3/c1-25-12-7-5-11(6-8-12)18-14-4-2-3-13(14)17-15(20(23)24)9-10-16(21)19(17)22-18/h2-3,5-10,13-14,18,22H,4H2,1H3,(H,23,24)/t13-,14-,18-/m0/s1. The Morgan fingerprint density at radius 2 is 2.00 bits per heavy atom. The van der Waals surface area contributed by atoms with E-state index in [0.717, 1.165) is 29.0 Å². The second-order valence-corrected chi connectivity index (χ2v) is 6.84. The largest absolute Gasteiger partial charge is 0.497 e. The van der Waals surface area contributed by atoms with Crippen LogP contribution in [0.1, 0.15) is 39.9 Å². The first-order valence-corrected chi connectivity index (χ1v) is 8.60. The monoisotopic (exact) mass is 355 g/mol. The minimum atomic E-state index is -0.920. The summed E-state index contributed by atoms with van der Waals surface area (Å²) in [5.41, 5.74) is 2.99. The Morgan fingerprint density at radius 3 is 2.68 bits per heavy atom. The zero-order chi connectivity index (χ0) is 17.6. The number of fused-ring (bicyclic) bond motifs is 3. The van der Waals surface area contributed by atoms with Gasteiger partial charge in [0.2, 0.25) is 0 Å². The number of aromatic carboxylic acids is 1. The van der Waals surface area contributed by atoms with Crippen LogP contribution in [-0.4, -0.2) is 18.2 Å². The van der Waals surface area contributed by atoms with Crippen molar-refractivity contribution in [1.29, 1.82) is 0 Å². The van der Waals surface area contributed by atoms with Crippen molar-refractivity contribution >= 4 is 23.3 Å². The normalized spacial score (nSPS) is 23.5. The quantitative estimate of drug-likeness (QED) is 0.771. The number of halogens is 1. The highest BCUT2D eigenvalue weighted by Crippen LogP contribution is 2.52. The molecule has 0 saturated heterocycles. The van der Waals surface area contributed by atoms with Crippen molar-refractivity contribution in [3.05, 3.63) is 70.3 Å². The molecule has 1 aliphatic heterocycles.